The Balaban J connectivity index is 2.11. The number of halogens is 2. The molecule has 1 aliphatic carbocycles. The average Bonchev–Trinajstić information content (AvgIpc) is 2.41. The van der Waals surface area contributed by atoms with Gasteiger partial charge >= 0.3 is 0 Å². The molecule has 2 rings (SSSR count). The highest BCUT2D eigenvalue weighted by molar-refractivity contribution is 6.42. The Hall–Kier alpha value is -0.570. The van der Waals surface area contributed by atoms with Crippen molar-refractivity contribution in [3.63, 3.8) is 0 Å². The van der Waals surface area contributed by atoms with Crippen molar-refractivity contribution in [2.45, 2.75) is 38.2 Å². The minimum atomic E-state index is -0.914. The van der Waals surface area contributed by atoms with Gasteiger partial charge in [-0.05, 0) is 37.0 Å². The second-order valence-corrected chi connectivity index (χ2v) is 5.65. The van der Waals surface area contributed by atoms with Crippen molar-refractivity contribution in [2.75, 3.05) is 0 Å². The largest absolute Gasteiger partial charge is 0.385 e. The van der Waals surface area contributed by atoms with Crippen LogP contribution in [-0.4, -0.2) is 17.0 Å². The topological polar surface area (TPSA) is 37.3 Å². The molecule has 0 bridgehead atoms. The summed E-state index contributed by atoms with van der Waals surface area (Å²) < 4.78 is 0. The fourth-order valence-corrected chi connectivity index (χ4v) is 2.78. The molecule has 0 radical (unpaired) electrons. The number of aliphatic hydroxyl groups excluding tert-OH is 1. The lowest BCUT2D eigenvalue weighted by Crippen LogP contribution is -2.31. The Morgan fingerprint density at radius 1 is 1.17 bits per heavy atom. The monoisotopic (exact) mass is 286 g/mol. The van der Waals surface area contributed by atoms with Crippen LogP contribution in [0.3, 0.4) is 0 Å². The molecule has 0 saturated heterocycles. The number of carbonyl (C=O) groups is 1. The van der Waals surface area contributed by atoms with Gasteiger partial charge in [0.25, 0.3) is 0 Å². The van der Waals surface area contributed by atoms with Gasteiger partial charge in [-0.25, -0.2) is 0 Å². The third-order valence-corrected chi connectivity index (χ3v) is 4.31. The predicted molar refractivity (Wildman–Crippen MR) is 73.4 cm³/mol. The zero-order chi connectivity index (χ0) is 13.1. The van der Waals surface area contributed by atoms with Gasteiger partial charge in [-0.1, -0.05) is 42.5 Å². The molecular weight excluding hydrogens is 271 g/mol. The van der Waals surface area contributed by atoms with E-state index in [4.69, 9.17) is 23.2 Å². The maximum Gasteiger partial charge on any atom is 0.191 e. The summed E-state index contributed by atoms with van der Waals surface area (Å²) in [6, 6.07) is 4.73. The first-order valence-corrected chi connectivity index (χ1v) is 7.02. The Labute approximate surface area is 117 Å². The highest BCUT2D eigenvalue weighted by Gasteiger charge is 2.28. The predicted octanol–water partition coefficient (Wildman–Crippen LogP) is 4.12. The molecule has 2 nitrogen and oxygen atoms in total. The molecule has 0 heterocycles. The minimum absolute atomic E-state index is 0.0840. The third-order valence-electron chi connectivity index (χ3n) is 3.57. The molecule has 18 heavy (non-hydrogen) atoms. The molecule has 1 aromatic carbocycles. The molecule has 1 fully saturated rings. The number of rotatable bonds is 3. The second kappa shape index (κ2) is 6.05. The molecule has 0 spiro atoms. The van der Waals surface area contributed by atoms with E-state index in [2.05, 4.69) is 0 Å². The molecule has 98 valence electrons. The average molecular weight is 287 g/mol. The Kier molecular flexibility index (Phi) is 4.66. The maximum absolute atomic E-state index is 12.2. The van der Waals surface area contributed by atoms with E-state index in [1.165, 1.54) is 12.5 Å². The number of hydrogen-bond acceptors (Lipinski definition) is 2. The van der Waals surface area contributed by atoms with Crippen molar-refractivity contribution in [2.24, 2.45) is 5.92 Å². The Bertz CT molecular complexity index is 439. The molecule has 1 aliphatic rings. The summed E-state index contributed by atoms with van der Waals surface area (Å²) in [5.41, 5.74) is 0.433. The van der Waals surface area contributed by atoms with E-state index >= 15 is 0 Å². The second-order valence-electron chi connectivity index (χ2n) is 4.84. The molecule has 0 aliphatic heterocycles. The van der Waals surface area contributed by atoms with Gasteiger partial charge in [-0.2, -0.15) is 0 Å². The Morgan fingerprint density at radius 2 is 1.83 bits per heavy atom. The van der Waals surface area contributed by atoms with Crippen LogP contribution in [0.1, 0.15) is 42.5 Å². The fraction of sp³-hybridized carbons (Fsp3) is 0.500. The summed E-state index contributed by atoms with van der Waals surface area (Å²) >= 11 is 11.7. The first kappa shape index (κ1) is 13.9. The SMILES string of the molecule is O=C(c1ccc(Cl)c(Cl)c1)C(O)C1CCCCC1. The normalized spacial score (nSPS) is 18.6. The summed E-state index contributed by atoms with van der Waals surface area (Å²) in [5, 5.41) is 10.9. The van der Waals surface area contributed by atoms with E-state index in [1.807, 2.05) is 0 Å². The lowest BCUT2D eigenvalue weighted by atomic mass is 9.82. The van der Waals surface area contributed by atoms with Crippen LogP contribution in [-0.2, 0) is 0 Å². The van der Waals surface area contributed by atoms with E-state index in [0.717, 1.165) is 25.7 Å². The molecule has 1 saturated carbocycles. The maximum atomic E-state index is 12.2. The quantitative estimate of drug-likeness (QED) is 0.849. The smallest absolute Gasteiger partial charge is 0.191 e. The highest BCUT2D eigenvalue weighted by Crippen LogP contribution is 2.29. The van der Waals surface area contributed by atoms with Crippen LogP contribution in [0.25, 0.3) is 0 Å². The number of hydrogen-bond donors (Lipinski definition) is 1. The molecule has 1 aromatic rings. The van der Waals surface area contributed by atoms with Gasteiger partial charge < -0.3 is 5.11 Å². The molecule has 1 atom stereocenters. The van der Waals surface area contributed by atoms with Gasteiger partial charge in [-0.3, -0.25) is 4.79 Å². The van der Waals surface area contributed by atoms with Crippen LogP contribution >= 0.6 is 23.2 Å². The summed E-state index contributed by atoms with van der Waals surface area (Å²) in [6.45, 7) is 0. The van der Waals surface area contributed by atoms with E-state index in [9.17, 15) is 9.90 Å². The summed E-state index contributed by atoms with van der Waals surface area (Å²) in [6.07, 6.45) is 4.32. The van der Waals surface area contributed by atoms with Crippen molar-refractivity contribution >= 4 is 29.0 Å². The summed E-state index contributed by atoms with van der Waals surface area (Å²) in [5.74, 6) is -0.166. The number of benzene rings is 1. The van der Waals surface area contributed by atoms with E-state index in [1.54, 1.807) is 12.1 Å². The third kappa shape index (κ3) is 3.05. The molecule has 1 unspecified atom stereocenters. The van der Waals surface area contributed by atoms with Crippen LogP contribution in [0.2, 0.25) is 10.0 Å². The summed E-state index contributed by atoms with van der Waals surface area (Å²) in [4.78, 5) is 12.2. The van der Waals surface area contributed by atoms with Crippen molar-refractivity contribution < 1.29 is 9.90 Å². The fourth-order valence-electron chi connectivity index (χ4n) is 2.48. The van der Waals surface area contributed by atoms with Gasteiger partial charge in [0.05, 0.1) is 10.0 Å². The van der Waals surface area contributed by atoms with Gasteiger partial charge in [0, 0.05) is 5.56 Å². The van der Waals surface area contributed by atoms with Crippen LogP contribution < -0.4 is 0 Å². The molecule has 1 N–H and O–H groups in total. The first-order valence-electron chi connectivity index (χ1n) is 6.27. The van der Waals surface area contributed by atoms with E-state index in [0.29, 0.717) is 15.6 Å². The molecule has 4 heteroatoms. The van der Waals surface area contributed by atoms with Gasteiger partial charge in [0.15, 0.2) is 5.78 Å². The van der Waals surface area contributed by atoms with Crippen molar-refractivity contribution in [1.82, 2.24) is 0 Å². The minimum Gasteiger partial charge on any atom is -0.385 e. The molecule has 0 aromatic heterocycles. The highest BCUT2D eigenvalue weighted by atomic mass is 35.5. The lowest BCUT2D eigenvalue weighted by Gasteiger charge is -2.25. The van der Waals surface area contributed by atoms with Crippen LogP contribution in [0, 0.1) is 5.92 Å². The lowest BCUT2D eigenvalue weighted by molar-refractivity contribution is 0.0534. The van der Waals surface area contributed by atoms with Crippen LogP contribution in [0.15, 0.2) is 18.2 Å². The Morgan fingerprint density at radius 3 is 2.44 bits per heavy atom. The van der Waals surface area contributed by atoms with Crippen LogP contribution in [0.4, 0.5) is 0 Å². The summed E-state index contributed by atoms with van der Waals surface area (Å²) in [7, 11) is 0. The first-order chi connectivity index (χ1) is 8.59. The van der Waals surface area contributed by atoms with Crippen LogP contribution in [0.5, 0.6) is 0 Å². The van der Waals surface area contributed by atoms with Gasteiger partial charge in [-0.15, -0.1) is 0 Å². The zero-order valence-electron chi connectivity index (χ0n) is 10.0. The number of ketones is 1. The van der Waals surface area contributed by atoms with Gasteiger partial charge in [0.2, 0.25) is 0 Å². The van der Waals surface area contributed by atoms with Crippen molar-refractivity contribution in [1.29, 1.82) is 0 Å². The standard InChI is InChI=1S/C14H16Cl2O2/c15-11-7-6-10(8-12(11)16)14(18)13(17)9-4-2-1-3-5-9/h6-9,13,17H,1-5H2. The number of Topliss-reactive ketones (excluding diaryl/α,β-unsaturated/α-hetero) is 1. The molecule has 0 amide bonds. The van der Waals surface area contributed by atoms with E-state index in [-0.39, 0.29) is 11.7 Å². The zero-order valence-corrected chi connectivity index (χ0v) is 11.5. The number of aliphatic hydroxyl groups is 1. The van der Waals surface area contributed by atoms with Crippen molar-refractivity contribution in [3.05, 3.63) is 33.8 Å². The van der Waals surface area contributed by atoms with Gasteiger partial charge in [0.1, 0.15) is 6.10 Å². The van der Waals surface area contributed by atoms with E-state index < -0.39 is 6.10 Å². The van der Waals surface area contributed by atoms with Crippen molar-refractivity contribution in [3.8, 4) is 0 Å². The number of carbonyl (C=O) groups excluding carboxylic acids is 1. The molecular formula is C14H16Cl2O2.